The summed E-state index contributed by atoms with van der Waals surface area (Å²) in [4.78, 5) is 0. The lowest BCUT2D eigenvalue weighted by atomic mass is 10.2. The number of hydrogen-bond donors (Lipinski definition) is 1. The Labute approximate surface area is 82.9 Å². The molecule has 0 bridgehead atoms. The third-order valence-corrected chi connectivity index (χ3v) is 2.07. The first kappa shape index (κ1) is 8.99. The molecule has 0 aliphatic carbocycles. The molecule has 0 fully saturated rings. The Balaban J connectivity index is 2.42. The van der Waals surface area contributed by atoms with Gasteiger partial charge >= 0.3 is 0 Å². The summed E-state index contributed by atoms with van der Waals surface area (Å²) in [6, 6.07) is 6.53. The first-order valence-electron chi connectivity index (χ1n) is 4.73. The van der Waals surface area contributed by atoms with Crippen molar-refractivity contribution in [1.29, 1.82) is 0 Å². The van der Waals surface area contributed by atoms with Gasteiger partial charge in [0, 0.05) is 18.8 Å². The summed E-state index contributed by atoms with van der Waals surface area (Å²) in [5, 5.41) is 11.3. The Kier molecular flexibility index (Phi) is 2.11. The second-order valence-corrected chi connectivity index (χ2v) is 3.72. The number of anilines is 1. The molecule has 4 heteroatoms. The molecule has 0 unspecified atom stereocenters. The third kappa shape index (κ3) is 1.55. The summed E-state index contributed by atoms with van der Waals surface area (Å²) >= 11 is 0. The molecule has 0 atom stereocenters. The van der Waals surface area contributed by atoms with Crippen LogP contribution in [0.5, 0.6) is 0 Å². The van der Waals surface area contributed by atoms with Crippen LogP contribution in [0.2, 0.25) is 0 Å². The van der Waals surface area contributed by atoms with Gasteiger partial charge in [-0.15, -0.1) is 5.10 Å². The van der Waals surface area contributed by atoms with E-state index in [1.165, 1.54) is 0 Å². The summed E-state index contributed by atoms with van der Waals surface area (Å²) in [5.41, 5.74) is 3.07. The number of benzene rings is 1. The zero-order chi connectivity index (χ0) is 10.1. The number of aryl methyl sites for hydroxylation is 1. The molecule has 0 amide bonds. The minimum Gasteiger partial charge on any atom is -0.383 e. The summed E-state index contributed by atoms with van der Waals surface area (Å²) in [6.45, 7) is 4.22. The zero-order valence-corrected chi connectivity index (χ0v) is 8.65. The number of rotatable bonds is 2. The summed E-state index contributed by atoms with van der Waals surface area (Å²) in [7, 11) is 1.89. The average molecular weight is 190 g/mol. The van der Waals surface area contributed by atoms with Crippen LogP contribution in [0.1, 0.15) is 13.8 Å². The lowest BCUT2D eigenvalue weighted by Crippen LogP contribution is -2.09. The normalized spacial score (nSPS) is 11.1. The first-order valence-corrected chi connectivity index (χ1v) is 4.73. The van der Waals surface area contributed by atoms with E-state index in [2.05, 4.69) is 29.5 Å². The highest BCUT2D eigenvalue weighted by Crippen LogP contribution is 2.16. The van der Waals surface area contributed by atoms with Crippen molar-refractivity contribution < 1.29 is 0 Å². The maximum atomic E-state index is 4.06. The topological polar surface area (TPSA) is 42.7 Å². The van der Waals surface area contributed by atoms with E-state index in [-0.39, 0.29) is 0 Å². The molecule has 0 aliphatic heterocycles. The van der Waals surface area contributed by atoms with Gasteiger partial charge in [-0.3, -0.25) is 0 Å². The van der Waals surface area contributed by atoms with E-state index in [1.54, 1.807) is 4.68 Å². The van der Waals surface area contributed by atoms with Gasteiger partial charge in [0.2, 0.25) is 0 Å². The number of nitrogens with one attached hydrogen (secondary N) is 1. The molecule has 0 spiro atoms. The largest absolute Gasteiger partial charge is 0.383 e. The molecule has 1 aromatic heterocycles. The Bertz CT molecular complexity index is 444. The number of hydrogen-bond acceptors (Lipinski definition) is 3. The van der Waals surface area contributed by atoms with Gasteiger partial charge in [-0.1, -0.05) is 5.21 Å². The second kappa shape index (κ2) is 3.29. The highest BCUT2D eigenvalue weighted by atomic mass is 15.4. The van der Waals surface area contributed by atoms with Crippen LogP contribution in [0.4, 0.5) is 5.69 Å². The smallest absolute Gasteiger partial charge is 0.115 e. The molecule has 1 aromatic carbocycles. The van der Waals surface area contributed by atoms with Gasteiger partial charge < -0.3 is 5.32 Å². The van der Waals surface area contributed by atoms with Gasteiger partial charge in [-0.25, -0.2) is 4.68 Å². The average Bonchev–Trinajstić information content (AvgIpc) is 2.46. The minimum absolute atomic E-state index is 0.434. The molecule has 0 aliphatic rings. The first-order chi connectivity index (χ1) is 6.66. The van der Waals surface area contributed by atoms with Gasteiger partial charge in [-0.05, 0) is 32.0 Å². The van der Waals surface area contributed by atoms with Gasteiger partial charge in [0.15, 0.2) is 0 Å². The molecule has 74 valence electrons. The fraction of sp³-hybridized carbons (Fsp3) is 0.400. The van der Waals surface area contributed by atoms with Crippen molar-refractivity contribution in [2.45, 2.75) is 19.9 Å². The van der Waals surface area contributed by atoms with Crippen molar-refractivity contribution in [3.05, 3.63) is 18.2 Å². The lowest BCUT2D eigenvalue weighted by molar-refractivity contribution is 0.736. The predicted octanol–water partition coefficient (Wildman–Crippen LogP) is 1.79. The number of fused-ring (bicyclic) bond motifs is 1. The fourth-order valence-electron chi connectivity index (χ4n) is 1.46. The van der Waals surface area contributed by atoms with E-state index in [4.69, 9.17) is 0 Å². The van der Waals surface area contributed by atoms with Gasteiger partial charge in [0.1, 0.15) is 5.52 Å². The lowest BCUT2D eigenvalue weighted by Gasteiger charge is -2.08. The SMILES string of the molecule is CC(C)Nc1ccc2c(c1)nnn2C. The van der Waals surface area contributed by atoms with Crippen molar-refractivity contribution >= 4 is 16.7 Å². The predicted molar refractivity (Wildman–Crippen MR) is 57.3 cm³/mol. The van der Waals surface area contributed by atoms with Crippen molar-refractivity contribution in [2.75, 3.05) is 5.32 Å². The molecule has 1 heterocycles. The highest BCUT2D eigenvalue weighted by Gasteiger charge is 2.02. The van der Waals surface area contributed by atoms with E-state index >= 15 is 0 Å². The van der Waals surface area contributed by atoms with Crippen LogP contribution in [0.15, 0.2) is 18.2 Å². The van der Waals surface area contributed by atoms with Crippen LogP contribution in [0.3, 0.4) is 0 Å². The Morgan fingerprint density at radius 1 is 1.36 bits per heavy atom. The monoisotopic (exact) mass is 190 g/mol. The van der Waals surface area contributed by atoms with Crippen molar-refractivity contribution in [1.82, 2.24) is 15.0 Å². The number of nitrogens with zero attached hydrogens (tertiary/aromatic N) is 3. The van der Waals surface area contributed by atoms with Gasteiger partial charge in [0.25, 0.3) is 0 Å². The van der Waals surface area contributed by atoms with Crippen LogP contribution >= 0.6 is 0 Å². The third-order valence-electron chi connectivity index (χ3n) is 2.07. The van der Waals surface area contributed by atoms with Crippen molar-refractivity contribution in [3.63, 3.8) is 0 Å². The standard InChI is InChI=1S/C10H14N4/c1-7(2)11-8-4-5-10-9(6-8)12-13-14(10)3/h4-7,11H,1-3H3. The minimum atomic E-state index is 0.434. The molecular weight excluding hydrogens is 176 g/mol. The van der Waals surface area contributed by atoms with Crippen LogP contribution in [-0.2, 0) is 7.05 Å². The molecule has 14 heavy (non-hydrogen) atoms. The Morgan fingerprint density at radius 3 is 2.86 bits per heavy atom. The Morgan fingerprint density at radius 2 is 2.14 bits per heavy atom. The van der Waals surface area contributed by atoms with E-state index < -0.39 is 0 Å². The van der Waals surface area contributed by atoms with E-state index in [9.17, 15) is 0 Å². The fourth-order valence-corrected chi connectivity index (χ4v) is 1.46. The molecule has 0 radical (unpaired) electrons. The van der Waals surface area contributed by atoms with Crippen molar-refractivity contribution in [3.8, 4) is 0 Å². The summed E-state index contributed by atoms with van der Waals surface area (Å²) < 4.78 is 1.77. The number of aromatic nitrogens is 3. The molecule has 2 aromatic rings. The van der Waals surface area contributed by atoms with E-state index in [0.29, 0.717) is 6.04 Å². The van der Waals surface area contributed by atoms with Crippen LogP contribution in [0, 0.1) is 0 Å². The van der Waals surface area contributed by atoms with Crippen molar-refractivity contribution in [2.24, 2.45) is 7.05 Å². The maximum Gasteiger partial charge on any atom is 0.115 e. The van der Waals surface area contributed by atoms with Gasteiger partial charge in [0.05, 0.1) is 5.52 Å². The molecular formula is C10H14N4. The zero-order valence-electron chi connectivity index (χ0n) is 8.65. The van der Waals surface area contributed by atoms with E-state index in [0.717, 1.165) is 16.7 Å². The summed E-state index contributed by atoms with van der Waals surface area (Å²) in [6.07, 6.45) is 0. The van der Waals surface area contributed by atoms with Gasteiger partial charge in [-0.2, -0.15) is 0 Å². The highest BCUT2D eigenvalue weighted by molar-refractivity contribution is 5.78. The molecule has 4 nitrogen and oxygen atoms in total. The Hall–Kier alpha value is -1.58. The van der Waals surface area contributed by atoms with E-state index in [1.807, 2.05) is 25.2 Å². The molecule has 1 N–H and O–H groups in total. The van der Waals surface area contributed by atoms with Crippen LogP contribution in [0.25, 0.3) is 11.0 Å². The molecule has 0 saturated heterocycles. The van der Waals surface area contributed by atoms with Crippen LogP contribution in [-0.4, -0.2) is 21.0 Å². The molecule has 0 saturated carbocycles. The van der Waals surface area contributed by atoms with Crippen LogP contribution < -0.4 is 5.32 Å². The molecule has 2 rings (SSSR count). The summed E-state index contributed by atoms with van der Waals surface area (Å²) in [5.74, 6) is 0. The quantitative estimate of drug-likeness (QED) is 0.785. The second-order valence-electron chi connectivity index (χ2n) is 3.72. The maximum absolute atomic E-state index is 4.06.